The molecule has 0 spiro atoms. The summed E-state index contributed by atoms with van der Waals surface area (Å²) in [5.41, 5.74) is 3.31. The topological polar surface area (TPSA) is 131 Å². The van der Waals surface area contributed by atoms with E-state index in [0.717, 1.165) is 14.3 Å². The number of methoxy groups -OCH3 is 1. The normalized spacial score (nSPS) is 11.5. The number of nitro groups is 1. The Morgan fingerprint density at radius 1 is 1.14 bits per heavy atom. The summed E-state index contributed by atoms with van der Waals surface area (Å²) in [4.78, 5) is 23.2. The van der Waals surface area contributed by atoms with Gasteiger partial charge in [0.05, 0.1) is 29.7 Å². The van der Waals surface area contributed by atoms with Crippen molar-refractivity contribution in [3.05, 3.63) is 98.5 Å². The van der Waals surface area contributed by atoms with Gasteiger partial charge in [0.1, 0.15) is 0 Å². The molecule has 0 fully saturated rings. The lowest BCUT2D eigenvalue weighted by Gasteiger charge is -2.21. The van der Waals surface area contributed by atoms with E-state index in [1.165, 1.54) is 43.7 Å². The average Bonchev–Trinajstić information content (AvgIpc) is 2.87. The van der Waals surface area contributed by atoms with Gasteiger partial charge in [-0.3, -0.25) is 14.9 Å². The number of nitro benzene ring substituents is 1. The van der Waals surface area contributed by atoms with Crippen LogP contribution in [-0.2, 0) is 21.2 Å². The summed E-state index contributed by atoms with van der Waals surface area (Å²) in [6.45, 7) is -0.393. The summed E-state index contributed by atoms with van der Waals surface area (Å²) in [6, 6.07) is 19.7. The number of hydrazone groups is 1. The maximum Gasteiger partial charge on any atom is 0.311 e. The van der Waals surface area contributed by atoms with Crippen molar-refractivity contribution in [2.24, 2.45) is 5.10 Å². The number of benzene rings is 3. The molecule has 0 saturated heterocycles. The third-order valence-corrected chi connectivity index (χ3v) is 7.45. The molecule has 1 N–H and O–H groups in total. The second-order valence-electron chi connectivity index (χ2n) is 7.51. The van der Waals surface area contributed by atoms with Crippen LogP contribution in [0.25, 0.3) is 0 Å². The quantitative estimate of drug-likeness (QED) is 0.211. The molecule has 188 valence electrons. The van der Waals surface area contributed by atoms with Crippen LogP contribution in [0.5, 0.6) is 5.75 Å². The fourth-order valence-corrected chi connectivity index (χ4v) is 4.90. The van der Waals surface area contributed by atoms with Crippen LogP contribution < -0.4 is 10.2 Å². The predicted octanol–water partition coefficient (Wildman–Crippen LogP) is 3.75. The minimum absolute atomic E-state index is 0.0561. The van der Waals surface area contributed by atoms with Gasteiger partial charge in [-0.15, -0.1) is 0 Å². The van der Waals surface area contributed by atoms with Gasteiger partial charge in [-0.2, -0.15) is 9.41 Å². The van der Waals surface area contributed by atoms with E-state index < -0.39 is 27.4 Å². The summed E-state index contributed by atoms with van der Waals surface area (Å²) in [5.74, 6) is -0.573. The van der Waals surface area contributed by atoms with Gasteiger partial charge in [-0.1, -0.05) is 46.3 Å². The Kier molecular flexibility index (Phi) is 9.28. The van der Waals surface area contributed by atoms with E-state index in [1.807, 2.05) is 30.3 Å². The number of ether oxygens (including phenoxy) is 1. The number of hydrogen-bond acceptors (Lipinski definition) is 7. The molecular formula is C24H23BrN4O6S. The molecule has 12 heteroatoms. The molecule has 0 bridgehead atoms. The molecule has 0 atom stereocenters. The van der Waals surface area contributed by atoms with Crippen molar-refractivity contribution in [2.45, 2.75) is 11.3 Å². The van der Waals surface area contributed by atoms with Crippen molar-refractivity contribution < 1.29 is 22.9 Å². The lowest BCUT2D eigenvalue weighted by Crippen LogP contribution is -2.40. The van der Waals surface area contributed by atoms with Crippen LogP contribution >= 0.6 is 15.9 Å². The van der Waals surface area contributed by atoms with E-state index in [0.29, 0.717) is 12.0 Å². The Morgan fingerprint density at radius 2 is 1.83 bits per heavy atom. The molecule has 1 amide bonds. The van der Waals surface area contributed by atoms with E-state index in [9.17, 15) is 23.3 Å². The fraction of sp³-hybridized carbons (Fsp3) is 0.167. The molecule has 3 rings (SSSR count). The highest BCUT2D eigenvalue weighted by Gasteiger charge is 2.26. The molecule has 0 aliphatic rings. The van der Waals surface area contributed by atoms with E-state index in [4.69, 9.17) is 4.74 Å². The molecular weight excluding hydrogens is 552 g/mol. The maximum absolute atomic E-state index is 13.3. The van der Waals surface area contributed by atoms with Crippen LogP contribution in [0.15, 0.2) is 87.3 Å². The minimum atomic E-state index is -3.97. The highest BCUT2D eigenvalue weighted by molar-refractivity contribution is 9.10. The number of sulfonamides is 1. The van der Waals surface area contributed by atoms with Gasteiger partial charge in [0, 0.05) is 22.6 Å². The molecule has 0 unspecified atom stereocenters. The van der Waals surface area contributed by atoms with Crippen molar-refractivity contribution in [3.63, 3.8) is 0 Å². The summed E-state index contributed by atoms with van der Waals surface area (Å²) < 4.78 is 33.3. The van der Waals surface area contributed by atoms with Crippen LogP contribution in [0.1, 0.15) is 11.1 Å². The third kappa shape index (κ3) is 7.20. The summed E-state index contributed by atoms with van der Waals surface area (Å²) in [6.07, 6.45) is 1.63. The number of nitrogens with one attached hydrogen (secondary N) is 1. The first-order chi connectivity index (χ1) is 17.2. The van der Waals surface area contributed by atoms with Crippen LogP contribution in [-0.4, -0.2) is 50.0 Å². The molecule has 0 radical (unpaired) electrons. The van der Waals surface area contributed by atoms with Crippen molar-refractivity contribution in [1.82, 2.24) is 9.73 Å². The van der Waals surface area contributed by atoms with Crippen LogP contribution in [0.4, 0.5) is 5.69 Å². The largest absolute Gasteiger partial charge is 0.490 e. The summed E-state index contributed by atoms with van der Waals surface area (Å²) in [5, 5.41) is 15.0. The second kappa shape index (κ2) is 12.4. The molecule has 36 heavy (non-hydrogen) atoms. The van der Waals surface area contributed by atoms with E-state index in [1.54, 1.807) is 12.1 Å². The number of carbonyl (C=O) groups excluding carboxylic acids is 1. The number of halogens is 1. The molecule has 0 aromatic heterocycles. The van der Waals surface area contributed by atoms with Gasteiger partial charge in [0.15, 0.2) is 5.75 Å². The zero-order valence-electron chi connectivity index (χ0n) is 19.2. The van der Waals surface area contributed by atoms with Gasteiger partial charge >= 0.3 is 5.69 Å². The lowest BCUT2D eigenvalue weighted by atomic mass is 10.1. The molecule has 10 nitrogen and oxygen atoms in total. The zero-order chi connectivity index (χ0) is 26.1. The van der Waals surface area contributed by atoms with Gasteiger partial charge in [0.25, 0.3) is 5.91 Å². The smallest absolute Gasteiger partial charge is 0.311 e. The molecule has 0 aliphatic heterocycles. The Hall–Kier alpha value is -3.61. The second-order valence-corrected chi connectivity index (χ2v) is 10.4. The first-order valence-electron chi connectivity index (χ1n) is 10.6. The van der Waals surface area contributed by atoms with Crippen LogP contribution in [0, 0.1) is 10.1 Å². The standard InChI is InChI=1S/C24H23BrN4O6S/c1-35-23-12-7-19(15-22(23)29(31)32)16-26-27-24(30)17-28(14-13-18-5-3-2-4-6-18)36(33,34)21-10-8-20(25)9-11-21/h2-12,15-16H,13-14,17H2,1H3,(H,27,30). The lowest BCUT2D eigenvalue weighted by molar-refractivity contribution is -0.385. The average molecular weight is 575 g/mol. The van der Waals surface area contributed by atoms with Gasteiger partial charge < -0.3 is 4.74 Å². The Balaban J connectivity index is 1.74. The van der Waals surface area contributed by atoms with Crippen molar-refractivity contribution in [3.8, 4) is 5.75 Å². The highest BCUT2D eigenvalue weighted by Crippen LogP contribution is 2.26. The Labute approximate surface area is 216 Å². The van der Waals surface area contributed by atoms with E-state index >= 15 is 0 Å². The molecule has 0 saturated carbocycles. The summed E-state index contributed by atoms with van der Waals surface area (Å²) in [7, 11) is -2.65. The highest BCUT2D eigenvalue weighted by atomic mass is 79.9. The molecule has 0 heterocycles. The minimum Gasteiger partial charge on any atom is -0.490 e. The van der Waals surface area contributed by atoms with Crippen molar-refractivity contribution in [1.29, 1.82) is 0 Å². The SMILES string of the molecule is COc1ccc(C=NNC(=O)CN(CCc2ccccc2)S(=O)(=O)c2ccc(Br)cc2)cc1[N+](=O)[O-]. The Bertz CT molecular complexity index is 1350. The fourth-order valence-electron chi connectivity index (χ4n) is 3.24. The number of amides is 1. The Morgan fingerprint density at radius 3 is 2.47 bits per heavy atom. The predicted molar refractivity (Wildman–Crippen MR) is 138 cm³/mol. The monoisotopic (exact) mass is 574 g/mol. The third-order valence-electron chi connectivity index (χ3n) is 5.07. The summed E-state index contributed by atoms with van der Waals surface area (Å²) >= 11 is 3.29. The number of carbonyl (C=O) groups is 1. The van der Waals surface area contributed by atoms with Crippen molar-refractivity contribution in [2.75, 3.05) is 20.2 Å². The molecule has 3 aromatic rings. The van der Waals surface area contributed by atoms with Gasteiger partial charge in [-0.05, 0) is 48.4 Å². The van der Waals surface area contributed by atoms with E-state index in [-0.39, 0.29) is 22.9 Å². The maximum atomic E-state index is 13.3. The van der Waals surface area contributed by atoms with Crippen LogP contribution in [0.3, 0.4) is 0 Å². The van der Waals surface area contributed by atoms with Crippen LogP contribution in [0.2, 0.25) is 0 Å². The zero-order valence-corrected chi connectivity index (χ0v) is 21.6. The molecule has 3 aromatic carbocycles. The number of hydrogen-bond donors (Lipinski definition) is 1. The first-order valence-corrected chi connectivity index (χ1v) is 12.9. The number of rotatable bonds is 11. The van der Waals surface area contributed by atoms with E-state index in [2.05, 4.69) is 26.5 Å². The van der Waals surface area contributed by atoms with Crippen molar-refractivity contribution >= 4 is 43.8 Å². The van der Waals surface area contributed by atoms with Gasteiger partial charge in [-0.25, -0.2) is 13.8 Å². The molecule has 0 aliphatic carbocycles. The first kappa shape index (κ1) is 27.0. The number of nitrogens with zero attached hydrogens (tertiary/aromatic N) is 3. The van der Waals surface area contributed by atoms with Gasteiger partial charge in [0.2, 0.25) is 10.0 Å².